The third-order valence-electron chi connectivity index (χ3n) is 3.11. The minimum absolute atomic E-state index is 0.170. The SMILES string of the molecule is CC(C)N1C(=O)[C@H]2CCC[C@H]2NC1=S. The summed E-state index contributed by atoms with van der Waals surface area (Å²) in [5, 5.41) is 3.90. The highest BCUT2D eigenvalue weighted by molar-refractivity contribution is 7.80. The van der Waals surface area contributed by atoms with E-state index >= 15 is 0 Å². The molecule has 0 spiro atoms. The molecular weight excluding hydrogens is 196 g/mol. The summed E-state index contributed by atoms with van der Waals surface area (Å²) in [6.07, 6.45) is 3.24. The van der Waals surface area contributed by atoms with Crippen molar-refractivity contribution in [2.24, 2.45) is 5.92 Å². The molecule has 1 saturated heterocycles. The molecule has 0 aromatic heterocycles. The van der Waals surface area contributed by atoms with Gasteiger partial charge in [0.25, 0.3) is 0 Å². The molecule has 1 aliphatic carbocycles. The second-order valence-electron chi connectivity index (χ2n) is 4.40. The van der Waals surface area contributed by atoms with Crippen LogP contribution in [0.5, 0.6) is 0 Å². The Morgan fingerprint density at radius 1 is 1.50 bits per heavy atom. The van der Waals surface area contributed by atoms with Gasteiger partial charge in [-0.15, -0.1) is 0 Å². The van der Waals surface area contributed by atoms with Crippen molar-refractivity contribution in [1.82, 2.24) is 10.2 Å². The zero-order valence-electron chi connectivity index (χ0n) is 8.62. The number of amides is 1. The van der Waals surface area contributed by atoms with Crippen LogP contribution in [0, 0.1) is 5.92 Å². The maximum atomic E-state index is 12.1. The van der Waals surface area contributed by atoms with E-state index in [1.807, 2.05) is 13.8 Å². The molecule has 0 bridgehead atoms. The van der Waals surface area contributed by atoms with Gasteiger partial charge in [-0.05, 0) is 38.9 Å². The Balaban J connectivity index is 2.21. The fraction of sp³-hybridized carbons (Fsp3) is 0.800. The van der Waals surface area contributed by atoms with E-state index in [0.717, 1.165) is 19.3 Å². The Labute approximate surface area is 89.8 Å². The number of hydrogen-bond acceptors (Lipinski definition) is 2. The van der Waals surface area contributed by atoms with Crippen molar-refractivity contribution in [3.05, 3.63) is 0 Å². The van der Waals surface area contributed by atoms with Crippen molar-refractivity contribution in [2.45, 2.75) is 45.2 Å². The summed E-state index contributed by atoms with van der Waals surface area (Å²) in [6, 6.07) is 0.481. The van der Waals surface area contributed by atoms with E-state index in [1.165, 1.54) is 0 Å². The van der Waals surface area contributed by atoms with Gasteiger partial charge in [-0.1, -0.05) is 6.42 Å². The molecule has 0 aromatic rings. The van der Waals surface area contributed by atoms with Crippen molar-refractivity contribution in [2.75, 3.05) is 0 Å². The molecular formula is C10H16N2OS. The van der Waals surface area contributed by atoms with Crippen LogP contribution in [0.2, 0.25) is 0 Å². The molecule has 4 heteroatoms. The zero-order chi connectivity index (χ0) is 10.3. The maximum absolute atomic E-state index is 12.1. The van der Waals surface area contributed by atoms with Gasteiger partial charge in [0.2, 0.25) is 5.91 Å². The van der Waals surface area contributed by atoms with E-state index in [9.17, 15) is 4.79 Å². The molecule has 1 aliphatic heterocycles. The van der Waals surface area contributed by atoms with Crippen LogP contribution in [0.1, 0.15) is 33.1 Å². The number of fused-ring (bicyclic) bond motifs is 1. The van der Waals surface area contributed by atoms with Gasteiger partial charge in [-0.25, -0.2) is 0 Å². The van der Waals surface area contributed by atoms with Crippen molar-refractivity contribution in [1.29, 1.82) is 0 Å². The van der Waals surface area contributed by atoms with Crippen LogP contribution in [0.3, 0.4) is 0 Å². The molecule has 1 amide bonds. The predicted octanol–water partition coefficient (Wildman–Crippen LogP) is 1.28. The van der Waals surface area contributed by atoms with Crippen LogP contribution < -0.4 is 5.32 Å². The van der Waals surface area contributed by atoms with Crippen LogP contribution in [0.15, 0.2) is 0 Å². The van der Waals surface area contributed by atoms with Gasteiger partial charge in [-0.2, -0.15) is 0 Å². The normalized spacial score (nSPS) is 32.1. The van der Waals surface area contributed by atoms with Gasteiger partial charge in [-0.3, -0.25) is 9.69 Å². The average molecular weight is 212 g/mol. The molecule has 1 N–H and O–H groups in total. The van der Waals surface area contributed by atoms with Crippen LogP contribution in [-0.2, 0) is 4.79 Å². The average Bonchev–Trinajstić information content (AvgIpc) is 2.50. The van der Waals surface area contributed by atoms with Gasteiger partial charge < -0.3 is 5.32 Å². The molecule has 1 heterocycles. The lowest BCUT2D eigenvalue weighted by atomic mass is 9.99. The van der Waals surface area contributed by atoms with E-state index in [2.05, 4.69) is 5.32 Å². The van der Waals surface area contributed by atoms with Crippen molar-refractivity contribution in [3.63, 3.8) is 0 Å². The Hall–Kier alpha value is -0.640. The molecule has 0 unspecified atom stereocenters. The van der Waals surface area contributed by atoms with E-state index in [1.54, 1.807) is 4.90 Å². The highest BCUT2D eigenvalue weighted by Crippen LogP contribution is 2.31. The number of rotatable bonds is 1. The first-order chi connectivity index (χ1) is 6.61. The van der Waals surface area contributed by atoms with Crippen molar-refractivity contribution >= 4 is 23.2 Å². The zero-order valence-corrected chi connectivity index (χ0v) is 9.43. The van der Waals surface area contributed by atoms with E-state index in [4.69, 9.17) is 12.2 Å². The number of nitrogens with one attached hydrogen (secondary N) is 1. The second-order valence-corrected chi connectivity index (χ2v) is 4.78. The third kappa shape index (κ3) is 1.41. The van der Waals surface area contributed by atoms with Gasteiger partial charge in [0.05, 0.1) is 5.92 Å². The Morgan fingerprint density at radius 2 is 2.21 bits per heavy atom. The molecule has 1 saturated carbocycles. The highest BCUT2D eigenvalue weighted by Gasteiger charge is 2.42. The smallest absolute Gasteiger partial charge is 0.234 e. The lowest BCUT2D eigenvalue weighted by molar-refractivity contribution is -0.134. The second kappa shape index (κ2) is 3.50. The maximum Gasteiger partial charge on any atom is 0.234 e. The number of hydrogen-bond donors (Lipinski definition) is 1. The summed E-state index contributed by atoms with van der Waals surface area (Å²) in [5.74, 6) is 0.398. The fourth-order valence-electron chi connectivity index (χ4n) is 2.42. The largest absolute Gasteiger partial charge is 0.359 e. The summed E-state index contributed by atoms with van der Waals surface area (Å²) >= 11 is 5.20. The van der Waals surface area contributed by atoms with Crippen molar-refractivity contribution in [3.8, 4) is 0 Å². The van der Waals surface area contributed by atoms with Crippen LogP contribution in [-0.4, -0.2) is 28.0 Å². The summed E-state index contributed by atoms with van der Waals surface area (Å²) in [7, 11) is 0. The summed E-state index contributed by atoms with van der Waals surface area (Å²) in [6.45, 7) is 4.00. The summed E-state index contributed by atoms with van der Waals surface area (Å²) < 4.78 is 0. The minimum Gasteiger partial charge on any atom is -0.359 e. The molecule has 78 valence electrons. The predicted molar refractivity (Wildman–Crippen MR) is 58.8 cm³/mol. The van der Waals surface area contributed by atoms with E-state index in [0.29, 0.717) is 11.2 Å². The van der Waals surface area contributed by atoms with Crippen LogP contribution in [0.25, 0.3) is 0 Å². The van der Waals surface area contributed by atoms with E-state index < -0.39 is 0 Å². The van der Waals surface area contributed by atoms with E-state index in [-0.39, 0.29) is 17.9 Å². The lowest BCUT2D eigenvalue weighted by Gasteiger charge is -2.38. The van der Waals surface area contributed by atoms with Gasteiger partial charge in [0.1, 0.15) is 0 Å². The minimum atomic E-state index is 0.170. The standard InChI is InChI=1S/C10H16N2OS/c1-6(2)12-9(13)7-4-3-5-8(7)11-10(12)14/h6-8H,3-5H2,1-2H3,(H,11,14)/t7-,8+/m0/s1. The number of carbonyl (C=O) groups is 1. The Morgan fingerprint density at radius 3 is 2.86 bits per heavy atom. The molecule has 2 rings (SSSR count). The number of carbonyl (C=O) groups excluding carboxylic acids is 1. The monoisotopic (exact) mass is 212 g/mol. The number of thiocarbonyl (C=S) groups is 1. The first-order valence-corrected chi connectivity index (χ1v) is 5.65. The molecule has 3 nitrogen and oxygen atoms in total. The highest BCUT2D eigenvalue weighted by atomic mass is 32.1. The first kappa shape index (κ1) is 9.90. The van der Waals surface area contributed by atoms with Gasteiger partial charge in [0.15, 0.2) is 5.11 Å². The van der Waals surface area contributed by atoms with Crippen LogP contribution >= 0.6 is 12.2 Å². The van der Waals surface area contributed by atoms with Gasteiger partial charge in [0, 0.05) is 12.1 Å². The van der Waals surface area contributed by atoms with Gasteiger partial charge >= 0.3 is 0 Å². The molecule has 0 aromatic carbocycles. The summed E-state index contributed by atoms with van der Waals surface area (Å²) in [4.78, 5) is 13.8. The molecule has 2 fully saturated rings. The quantitative estimate of drug-likeness (QED) is 0.665. The first-order valence-electron chi connectivity index (χ1n) is 5.25. The molecule has 14 heavy (non-hydrogen) atoms. The number of nitrogens with zero attached hydrogens (tertiary/aromatic N) is 1. The Kier molecular flexibility index (Phi) is 2.47. The molecule has 2 aliphatic rings. The van der Waals surface area contributed by atoms with Crippen LogP contribution in [0.4, 0.5) is 0 Å². The Bertz CT molecular complexity index is 277. The third-order valence-corrected chi connectivity index (χ3v) is 3.43. The topological polar surface area (TPSA) is 32.3 Å². The summed E-state index contributed by atoms with van der Waals surface area (Å²) in [5.41, 5.74) is 0. The fourth-order valence-corrected chi connectivity index (χ4v) is 2.88. The molecule has 0 radical (unpaired) electrons. The lowest BCUT2D eigenvalue weighted by Crippen LogP contribution is -2.60. The van der Waals surface area contributed by atoms with Crippen molar-refractivity contribution < 1.29 is 4.79 Å². The molecule has 2 atom stereocenters.